The Kier molecular flexibility index (Phi) is 5.98. The van der Waals surface area contributed by atoms with Crippen molar-refractivity contribution in [1.82, 2.24) is 15.0 Å². The van der Waals surface area contributed by atoms with Crippen molar-refractivity contribution in [2.45, 2.75) is 26.2 Å². The molecule has 9 nitrogen and oxygen atoms in total. The van der Waals surface area contributed by atoms with Gasteiger partial charge in [-0.05, 0) is 48.9 Å². The van der Waals surface area contributed by atoms with Crippen molar-refractivity contribution in [3.8, 4) is 17.1 Å². The molecular formula is C23H22N4O5. The van der Waals surface area contributed by atoms with Gasteiger partial charge in [-0.3, -0.25) is 19.3 Å². The van der Waals surface area contributed by atoms with Gasteiger partial charge in [0.25, 0.3) is 17.7 Å². The van der Waals surface area contributed by atoms with Crippen LogP contribution in [0.15, 0.2) is 47.0 Å². The van der Waals surface area contributed by atoms with Crippen LogP contribution in [-0.4, -0.2) is 46.4 Å². The number of benzene rings is 2. The van der Waals surface area contributed by atoms with Crippen LogP contribution in [0.2, 0.25) is 0 Å². The molecule has 0 saturated heterocycles. The second kappa shape index (κ2) is 9.01. The highest BCUT2D eigenvalue weighted by Gasteiger charge is 2.32. The van der Waals surface area contributed by atoms with Crippen molar-refractivity contribution in [2.75, 3.05) is 19.0 Å². The first-order valence-electron chi connectivity index (χ1n) is 10.3. The van der Waals surface area contributed by atoms with Crippen molar-refractivity contribution in [3.63, 3.8) is 0 Å². The van der Waals surface area contributed by atoms with Crippen LogP contribution in [0, 0.1) is 0 Å². The molecule has 2 heterocycles. The summed E-state index contributed by atoms with van der Waals surface area (Å²) in [5, 5.41) is 6.66. The summed E-state index contributed by atoms with van der Waals surface area (Å²) in [5.41, 5.74) is 1.80. The molecule has 1 aliphatic rings. The number of aromatic nitrogens is 2. The van der Waals surface area contributed by atoms with Crippen LogP contribution in [0.5, 0.6) is 5.75 Å². The molecule has 1 N–H and O–H groups in total. The molecule has 0 radical (unpaired) electrons. The minimum absolute atomic E-state index is 0.216. The maximum absolute atomic E-state index is 12.2. The van der Waals surface area contributed by atoms with Gasteiger partial charge in [0.2, 0.25) is 11.7 Å². The molecule has 1 aliphatic heterocycles. The number of unbranched alkanes of at least 4 members (excludes halogenated alkanes) is 1. The summed E-state index contributed by atoms with van der Waals surface area (Å²) in [6, 6.07) is 11.6. The molecule has 0 saturated carbocycles. The average molecular weight is 434 g/mol. The monoisotopic (exact) mass is 434 g/mol. The first-order chi connectivity index (χ1) is 15.5. The van der Waals surface area contributed by atoms with Gasteiger partial charge in [-0.15, -0.1) is 0 Å². The lowest BCUT2D eigenvalue weighted by Gasteiger charge is -2.08. The topological polar surface area (TPSA) is 115 Å². The van der Waals surface area contributed by atoms with Crippen molar-refractivity contribution >= 4 is 23.4 Å². The lowest BCUT2D eigenvalue weighted by molar-refractivity contribution is -0.118. The summed E-state index contributed by atoms with van der Waals surface area (Å²) in [5.74, 6) is 0.496. The Hall–Kier alpha value is -4.01. The molecular weight excluding hydrogens is 412 g/mol. The molecule has 0 fully saturated rings. The summed E-state index contributed by atoms with van der Waals surface area (Å²) in [4.78, 5) is 41.7. The third kappa shape index (κ3) is 4.36. The number of aryl methyl sites for hydroxylation is 1. The summed E-state index contributed by atoms with van der Waals surface area (Å²) in [6.07, 6.45) is 2.80. The molecule has 1 aromatic heterocycles. The third-order valence-corrected chi connectivity index (χ3v) is 5.07. The molecule has 164 valence electrons. The summed E-state index contributed by atoms with van der Waals surface area (Å²) >= 11 is 0. The van der Waals surface area contributed by atoms with Crippen molar-refractivity contribution in [2.24, 2.45) is 0 Å². The van der Waals surface area contributed by atoms with E-state index in [-0.39, 0.29) is 18.1 Å². The lowest BCUT2D eigenvalue weighted by Crippen LogP contribution is -2.24. The maximum Gasteiger partial charge on any atom is 0.262 e. The lowest BCUT2D eigenvalue weighted by atomic mass is 10.1. The van der Waals surface area contributed by atoms with Crippen LogP contribution in [-0.2, 0) is 11.2 Å². The highest BCUT2D eigenvalue weighted by molar-refractivity contribution is 6.21. The van der Waals surface area contributed by atoms with E-state index in [1.54, 1.807) is 30.3 Å². The van der Waals surface area contributed by atoms with Crippen molar-refractivity contribution in [1.29, 1.82) is 0 Å². The molecule has 0 bridgehead atoms. The van der Waals surface area contributed by atoms with E-state index in [4.69, 9.17) is 9.26 Å². The van der Waals surface area contributed by atoms with Gasteiger partial charge >= 0.3 is 0 Å². The van der Waals surface area contributed by atoms with E-state index >= 15 is 0 Å². The largest absolute Gasteiger partial charge is 0.484 e. The number of amides is 3. The summed E-state index contributed by atoms with van der Waals surface area (Å²) < 4.78 is 10.8. The Labute approximate surface area is 184 Å². The first-order valence-corrected chi connectivity index (χ1v) is 10.3. The molecule has 9 heteroatoms. The molecule has 2 aromatic carbocycles. The number of hydrogen-bond acceptors (Lipinski definition) is 7. The number of ether oxygens (including phenoxy) is 1. The van der Waals surface area contributed by atoms with Crippen LogP contribution < -0.4 is 10.1 Å². The number of carbonyl (C=O) groups is 3. The molecule has 32 heavy (non-hydrogen) atoms. The van der Waals surface area contributed by atoms with Gasteiger partial charge in [-0.25, -0.2) is 0 Å². The maximum atomic E-state index is 12.2. The first kappa shape index (κ1) is 21.2. The zero-order chi connectivity index (χ0) is 22.7. The third-order valence-electron chi connectivity index (χ3n) is 5.07. The number of fused-ring (bicyclic) bond motifs is 1. The highest BCUT2D eigenvalue weighted by atomic mass is 16.5. The number of imide groups is 1. The van der Waals surface area contributed by atoms with Crippen LogP contribution in [0.1, 0.15) is 46.4 Å². The number of anilines is 1. The molecule has 0 unspecified atom stereocenters. The number of hydrogen-bond donors (Lipinski definition) is 1. The van der Waals surface area contributed by atoms with E-state index in [1.807, 2.05) is 0 Å². The fraction of sp³-hybridized carbons (Fsp3) is 0.261. The van der Waals surface area contributed by atoms with E-state index in [0.717, 1.165) is 29.7 Å². The van der Waals surface area contributed by atoms with Crippen molar-refractivity contribution < 1.29 is 23.6 Å². The second-order valence-corrected chi connectivity index (χ2v) is 7.41. The molecule has 0 atom stereocenters. The minimum Gasteiger partial charge on any atom is -0.484 e. The van der Waals surface area contributed by atoms with Gasteiger partial charge in [-0.1, -0.05) is 18.5 Å². The van der Waals surface area contributed by atoms with Gasteiger partial charge in [-0.2, -0.15) is 4.98 Å². The smallest absolute Gasteiger partial charge is 0.262 e. The van der Waals surface area contributed by atoms with Crippen LogP contribution in [0.3, 0.4) is 0 Å². The van der Waals surface area contributed by atoms with E-state index < -0.39 is 11.8 Å². The predicted octanol–water partition coefficient (Wildman–Crippen LogP) is 3.32. The van der Waals surface area contributed by atoms with Crippen molar-refractivity contribution in [3.05, 3.63) is 59.5 Å². The number of rotatable bonds is 8. The fourth-order valence-electron chi connectivity index (χ4n) is 3.29. The number of carbonyl (C=O) groups excluding carboxylic acids is 3. The quantitative estimate of drug-likeness (QED) is 0.541. The van der Waals surface area contributed by atoms with Crippen LogP contribution in [0.4, 0.5) is 5.69 Å². The fourth-order valence-corrected chi connectivity index (χ4v) is 3.29. The van der Waals surface area contributed by atoms with Gasteiger partial charge < -0.3 is 14.6 Å². The minimum atomic E-state index is -0.392. The van der Waals surface area contributed by atoms with Gasteiger partial charge in [0.15, 0.2) is 6.61 Å². The Morgan fingerprint density at radius 3 is 2.59 bits per heavy atom. The second-order valence-electron chi connectivity index (χ2n) is 7.41. The Morgan fingerprint density at radius 2 is 1.84 bits per heavy atom. The van der Waals surface area contributed by atoms with Gasteiger partial charge in [0.1, 0.15) is 5.75 Å². The molecule has 0 aliphatic carbocycles. The zero-order valence-corrected chi connectivity index (χ0v) is 17.8. The molecule has 4 rings (SSSR count). The summed E-state index contributed by atoms with van der Waals surface area (Å²) in [6.45, 7) is 1.89. The molecule has 0 spiro atoms. The zero-order valence-electron chi connectivity index (χ0n) is 17.8. The van der Waals surface area contributed by atoms with Crippen LogP contribution >= 0.6 is 0 Å². The Balaban J connectivity index is 1.32. The van der Waals surface area contributed by atoms with Crippen LogP contribution in [0.25, 0.3) is 11.4 Å². The Morgan fingerprint density at radius 1 is 1.09 bits per heavy atom. The van der Waals surface area contributed by atoms with E-state index in [9.17, 15) is 14.4 Å². The summed E-state index contributed by atoms with van der Waals surface area (Å²) in [7, 11) is 1.42. The van der Waals surface area contributed by atoms with Gasteiger partial charge in [0, 0.05) is 24.7 Å². The van der Waals surface area contributed by atoms with E-state index in [2.05, 4.69) is 22.4 Å². The predicted molar refractivity (Wildman–Crippen MR) is 115 cm³/mol. The van der Waals surface area contributed by atoms with E-state index in [1.165, 1.54) is 19.2 Å². The molecule has 3 aromatic rings. The number of nitrogens with one attached hydrogen (secondary N) is 1. The molecule has 3 amide bonds. The standard InChI is InChI=1S/C23H22N4O5/c1-3-4-5-20-25-21(26-32-20)14-6-9-16(10-7-14)31-13-19(28)24-15-8-11-17-18(12-15)23(30)27(2)22(17)29/h6-12H,3-5,13H2,1-2H3,(H,24,28). The highest BCUT2D eigenvalue weighted by Crippen LogP contribution is 2.25. The Bertz CT molecular complexity index is 1170. The number of nitrogens with zero attached hydrogens (tertiary/aromatic N) is 3. The van der Waals surface area contributed by atoms with Gasteiger partial charge in [0.05, 0.1) is 11.1 Å². The average Bonchev–Trinajstić information content (AvgIpc) is 3.36. The normalized spacial score (nSPS) is 12.8. The van der Waals surface area contributed by atoms with E-state index in [0.29, 0.717) is 28.7 Å². The SMILES string of the molecule is CCCCc1nc(-c2ccc(OCC(=O)Nc3ccc4c(c3)C(=O)N(C)C4=O)cc2)no1.